The average Bonchev–Trinajstić information content (AvgIpc) is 2.59. The van der Waals surface area contributed by atoms with Crippen LogP contribution < -0.4 is 4.90 Å². The number of amides is 1. The van der Waals surface area contributed by atoms with Crippen LogP contribution in [0.1, 0.15) is 37.3 Å². The number of aryl methyl sites for hydroxylation is 1. The molecular formula is C19H23N3O3S. The molecule has 0 saturated heterocycles. The molecule has 26 heavy (non-hydrogen) atoms. The van der Waals surface area contributed by atoms with E-state index in [-0.39, 0.29) is 17.6 Å². The molecule has 0 radical (unpaired) electrons. The van der Waals surface area contributed by atoms with Crippen LogP contribution in [0.15, 0.2) is 30.7 Å². The summed E-state index contributed by atoms with van der Waals surface area (Å²) >= 11 is 0. The number of sulfone groups is 1. The van der Waals surface area contributed by atoms with E-state index in [4.69, 9.17) is 0 Å². The first-order valence-electron chi connectivity index (χ1n) is 8.64. The molecule has 2 aromatic rings. The topological polar surface area (TPSA) is 80.2 Å². The zero-order chi connectivity index (χ0) is 18.9. The zero-order valence-corrected chi connectivity index (χ0v) is 16.1. The summed E-state index contributed by atoms with van der Waals surface area (Å²) < 4.78 is 23.1. The van der Waals surface area contributed by atoms with Gasteiger partial charge in [0.1, 0.15) is 15.7 Å². The van der Waals surface area contributed by atoms with Gasteiger partial charge in [-0.3, -0.25) is 14.7 Å². The Morgan fingerprint density at radius 1 is 1.23 bits per heavy atom. The summed E-state index contributed by atoms with van der Waals surface area (Å²) in [5, 5.41) is 0. The van der Waals surface area contributed by atoms with Gasteiger partial charge in [0.2, 0.25) is 5.91 Å². The lowest BCUT2D eigenvalue weighted by atomic mass is 9.98. The molecule has 3 heterocycles. The Bertz CT molecular complexity index is 941. The highest BCUT2D eigenvalue weighted by Crippen LogP contribution is 2.30. The van der Waals surface area contributed by atoms with Crippen LogP contribution in [0.2, 0.25) is 0 Å². The highest BCUT2D eigenvalue weighted by molar-refractivity contribution is 7.90. The van der Waals surface area contributed by atoms with Crippen LogP contribution in [-0.2, 0) is 21.1 Å². The van der Waals surface area contributed by atoms with E-state index in [0.29, 0.717) is 6.54 Å². The van der Waals surface area contributed by atoms with Crippen molar-refractivity contribution in [3.63, 3.8) is 0 Å². The van der Waals surface area contributed by atoms with Gasteiger partial charge in [-0.1, -0.05) is 6.92 Å². The molecular weight excluding hydrogens is 350 g/mol. The molecule has 0 spiro atoms. The molecule has 2 aromatic heterocycles. The molecule has 0 aliphatic carbocycles. The largest absolute Gasteiger partial charge is 0.297 e. The second-order valence-electron chi connectivity index (χ2n) is 6.98. The third kappa shape index (κ3) is 4.09. The molecule has 1 amide bonds. The van der Waals surface area contributed by atoms with Crippen molar-refractivity contribution in [1.82, 2.24) is 9.97 Å². The SMILES string of the molecule is CC(=O)N1CCCc2cc(-c3cncc([C@@H](C)CS(C)(=O)=O)c3)cnc21. The maximum atomic E-state index is 11.8. The number of carbonyl (C=O) groups excluding carboxylic acids is 1. The predicted molar refractivity (Wildman–Crippen MR) is 102 cm³/mol. The number of fused-ring (bicyclic) bond motifs is 1. The number of nitrogens with zero attached hydrogens (tertiary/aromatic N) is 3. The monoisotopic (exact) mass is 373 g/mol. The van der Waals surface area contributed by atoms with Crippen molar-refractivity contribution >= 4 is 21.6 Å². The Hall–Kier alpha value is -2.28. The number of hydrogen-bond donors (Lipinski definition) is 0. The van der Waals surface area contributed by atoms with Gasteiger partial charge in [0.05, 0.1) is 5.75 Å². The number of carbonyl (C=O) groups is 1. The second kappa shape index (κ2) is 7.15. The number of rotatable bonds is 4. The highest BCUT2D eigenvalue weighted by atomic mass is 32.2. The average molecular weight is 373 g/mol. The smallest absolute Gasteiger partial charge is 0.225 e. The van der Waals surface area contributed by atoms with E-state index < -0.39 is 9.84 Å². The van der Waals surface area contributed by atoms with E-state index in [1.54, 1.807) is 30.4 Å². The van der Waals surface area contributed by atoms with Crippen LogP contribution in [0.5, 0.6) is 0 Å². The first-order chi connectivity index (χ1) is 12.2. The number of aromatic nitrogens is 2. The van der Waals surface area contributed by atoms with Crippen molar-refractivity contribution in [2.45, 2.75) is 32.6 Å². The van der Waals surface area contributed by atoms with Crippen molar-refractivity contribution in [3.05, 3.63) is 41.9 Å². The summed E-state index contributed by atoms with van der Waals surface area (Å²) in [5.74, 6) is 0.705. The van der Waals surface area contributed by atoms with Crippen molar-refractivity contribution in [2.75, 3.05) is 23.5 Å². The van der Waals surface area contributed by atoms with Crippen molar-refractivity contribution in [2.24, 2.45) is 0 Å². The van der Waals surface area contributed by atoms with Gasteiger partial charge in [0.25, 0.3) is 0 Å². The van der Waals surface area contributed by atoms with Gasteiger partial charge in [-0.05, 0) is 42.0 Å². The van der Waals surface area contributed by atoms with E-state index in [1.165, 1.54) is 6.26 Å². The Morgan fingerprint density at radius 2 is 1.96 bits per heavy atom. The summed E-state index contributed by atoms with van der Waals surface area (Å²) in [6.07, 6.45) is 8.27. The number of hydrogen-bond acceptors (Lipinski definition) is 5. The third-order valence-corrected chi connectivity index (χ3v) is 5.73. The first kappa shape index (κ1) is 18.5. The van der Waals surface area contributed by atoms with E-state index in [0.717, 1.165) is 40.9 Å². The molecule has 0 fully saturated rings. The van der Waals surface area contributed by atoms with Crippen LogP contribution in [-0.4, -0.2) is 42.8 Å². The maximum Gasteiger partial charge on any atom is 0.225 e. The van der Waals surface area contributed by atoms with Crippen molar-refractivity contribution < 1.29 is 13.2 Å². The summed E-state index contributed by atoms with van der Waals surface area (Å²) in [4.78, 5) is 22.3. The number of anilines is 1. The molecule has 1 aliphatic rings. The molecule has 0 N–H and O–H groups in total. The Morgan fingerprint density at radius 3 is 2.65 bits per heavy atom. The Kier molecular flexibility index (Phi) is 5.09. The van der Waals surface area contributed by atoms with Gasteiger partial charge in [-0.15, -0.1) is 0 Å². The van der Waals surface area contributed by atoms with E-state index in [1.807, 2.05) is 13.0 Å². The van der Waals surface area contributed by atoms with Gasteiger partial charge in [-0.2, -0.15) is 0 Å². The molecule has 7 heteroatoms. The maximum absolute atomic E-state index is 11.8. The van der Waals surface area contributed by atoms with Crippen LogP contribution >= 0.6 is 0 Å². The molecule has 3 rings (SSSR count). The highest BCUT2D eigenvalue weighted by Gasteiger charge is 2.22. The van der Waals surface area contributed by atoms with Crippen molar-refractivity contribution in [3.8, 4) is 11.1 Å². The molecule has 0 saturated carbocycles. The molecule has 138 valence electrons. The van der Waals surface area contributed by atoms with Gasteiger partial charge in [-0.25, -0.2) is 13.4 Å². The molecule has 0 bridgehead atoms. The number of pyridine rings is 2. The molecule has 1 aliphatic heterocycles. The second-order valence-corrected chi connectivity index (χ2v) is 9.17. The zero-order valence-electron chi connectivity index (χ0n) is 15.3. The van der Waals surface area contributed by atoms with E-state index in [9.17, 15) is 13.2 Å². The fourth-order valence-electron chi connectivity index (χ4n) is 3.36. The molecule has 1 atom stereocenters. The van der Waals surface area contributed by atoms with Gasteiger partial charge < -0.3 is 0 Å². The standard InChI is InChI=1S/C19H23N3O3S/c1-13(12-26(3,24)25)16-8-17(10-20-9-16)18-7-15-5-4-6-22(14(2)23)19(15)21-11-18/h7-11,13H,4-6,12H2,1-3H3/t13-/m0/s1. The normalized spacial score (nSPS) is 15.4. The van der Waals surface area contributed by atoms with Gasteiger partial charge in [0.15, 0.2) is 0 Å². The summed E-state index contributed by atoms with van der Waals surface area (Å²) in [7, 11) is -3.05. The third-order valence-electron chi connectivity index (χ3n) is 4.62. The molecule has 6 nitrogen and oxygen atoms in total. The lowest BCUT2D eigenvalue weighted by molar-refractivity contribution is -0.116. The van der Waals surface area contributed by atoms with Crippen molar-refractivity contribution in [1.29, 1.82) is 0 Å². The first-order valence-corrected chi connectivity index (χ1v) is 10.7. The minimum Gasteiger partial charge on any atom is -0.297 e. The molecule has 0 unspecified atom stereocenters. The van der Waals surface area contributed by atoms with Gasteiger partial charge in [0, 0.05) is 49.4 Å². The fraction of sp³-hybridized carbons (Fsp3) is 0.421. The van der Waals surface area contributed by atoms with Crippen LogP contribution in [0.4, 0.5) is 5.82 Å². The van der Waals surface area contributed by atoms with E-state index in [2.05, 4.69) is 16.0 Å². The van der Waals surface area contributed by atoms with Gasteiger partial charge >= 0.3 is 0 Å². The lowest BCUT2D eigenvalue weighted by Crippen LogP contribution is -2.34. The van der Waals surface area contributed by atoms with Crippen LogP contribution in [0, 0.1) is 0 Å². The van der Waals surface area contributed by atoms with Crippen LogP contribution in [0.3, 0.4) is 0 Å². The Balaban J connectivity index is 1.93. The van der Waals surface area contributed by atoms with E-state index >= 15 is 0 Å². The minimum absolute atomic E-state index is 0.00413. The molecule has 0 aromatic carbocycles. The quantitative estimate of drug-likeness (QED) is 0.823. The fourth-order valence-corrected chi connectivity index (χ4v) is 4.46. The summed E-state index contributed by atoms with van der Waals surface area (Å²) in [5.41, 5.74) is 3.77. The van der Waals surface area contributed by atoms with Crippen LogP contribution in [0.25, 0.3) is 11.1 Å². The lowest BCUT2D eigenvalue weighted by Gasteiger charge is -2.27. The predicted octanol–water partition coefficient (Wildman–Crippen LogP) is 2.59. The minimum atomic E-state index is -3.05. The summed E-state index contributed by atoms with van der Waals surface area (Å²) in [6, 6.07) is 4.03. The Labute approximate surface area is 154 Å². The summed E-state index contributed by atoms with van der Waals surface area (Å²) in [6.45, 7) is 4.15.